The Morgan fingerprint density at radius 1 is 1.44 bits per heavy atom. The first kappa shape index (κ1) is 13.8. The minimum Gasteiger partial charge on any atom is -0.317 e. The van der Waals surface area contributed by atoms with Crippen LogP contribution < -0.4 is 5.32 Å². The number of nitrogens with one attached hydrogen (secondary N) is 1. The van der Waals surface area contributed by atoms with Crippen molar-refractivity contribution in [3.8, 4) is 0 Å². The summed E-state index contributed by atoms with van der Waals surface area (Å²) in [5, 5.41) is 4.21. The van der Waals surface area contributed by atoms with Gasteiger partial charge >= 0.3 is 0 Å². The third-order valence-corrected chi connectivity index (χ3v) is 4.47. The van der Waals surface area contributed by atoms with Gasteiger partial charge in [0.15, 0.2) is 0 Å². The van der Waals surface area contributed by atoms with E-state index in [4.69, 9.17) is 11.6 Å². The average molecular weight is 267 g/mol. The maximum atomic E-state index is 6.16. The molecule has 0 aliphatic heterocycles. The topological polar surface area (TPSA) is 24.9 Å². The molecule has 3 heteroatoms. The van der Waals surface area contributed by atoms with Crippen LogP contribution in [0.5, 0.6) is 0 Å². The Kier molecular flexibility index (Phi) is 5.45. The first-order valence-corrected chi connectivity index (χ1v) is 7.43. The quantitative estimate of drug-likeness (QED) is 0.846. The first-order chi connectivity index (χ1) is 8.79. The molecule has 1 unspecified atom stereocenters. The lowest BCUT2D eigenvalue weighted by atomic mass is 9.95. The van der Waals surface area contributed by atoms with Gasteiger partial charge in [0, 0.05) is 18.4 Å². The van der Waals surface area contributed by atoms with Crippen molar-refractivity contribution in [2.45, 2.75) is 51.0 Å². The normalized spacial score (nSPS) is 18.1. The summed E-state index contributed by atoms with van der Waals surface area (Å²) in [5.41, 5.74) is 1.21. The Morgan fingerprint density at radius 2 is 2.22 bits per heavy atom. The summed E-state index contributed by atoms with van der Waals surface area (Å²) < 4.78 is 0. The van der Waals surface area contributed by atoms with E-state index >= 15 is 0 Å². The maximum absolute atomic E-state index is 6.16. The second-order valence-electron chi connectivity index (χ2n) is 5.38. The molecule has 1 N–H and O–H groups in total. The van der Waals surface area contributed by atoms with Crippen LogP contribution in [0.3, 0.4) is 0 Å². The molecule has 2 rings (SSSR count). The van der Waals surface area contributed by atoms with Gasteiger partial charge in [0.25, 0.3) is 0 Å². The fourth-order valence-corrected chi connectivity index (χ4v) is 3.12. The van der Waals surface area contributed by atoms with Crippen LogP contribution in [-0.4, -0.2) is 18.1 Å². The number of hydrogen-bond donors (Lipinski definition) is 1. The minimum atomic E-state index is 0.533. The van der Waals surface area contributed by atoms with Gasteiger partial charge in [0.05, 0.1) is 5.02 Å². The number of nitrogens with zero attached hydrogens (tertiary/aromatic N) is 1. The highest BCUT2D eigenvalue weighted by atomic mass is 35.5. The van der Waals surface area contributed by atoms with Crippen molar-refractivity contribution in [1.82, 2.24) is 10.3 Å². The molecule has 1 saturated carbocycles. The number of likely N-dealkylation sites (N-methyl/N-ethyl adjacent to an activating group) is 1. The van der Waals surface area contributed by atoms with Gasteiger partial charge in [-0.2, -0.15) is 0 Å². The van der Waals surface area contributed by atoms with E-state index in [1.54, 1.807) is 6.20 Å². The minimum absolute atomic E-state index is 0.533. The second-order valence-corrected chi connectivity index (χ2v) is 5.79. The fourth-order valence-electron chi connectivity index (χ4n) is 2.92. The number of aromatic nitrogens is 1. The van der Waals surface area contributed by atoms with Gasteiger partial charge in [-0.15, -0.1) is 0 Å². The van der Waals surface area contributed by atoms with Crippen molar-refractivity contribution in [3.05, 3.63) is 29.0 Å². The van der Waals surface area contributed by atoms with Crippen LogP contribution in [0.1, 0.15) is 44.1 Å². The largest absolute Gasteiger partial charge is 0.317 e. The second kappa shape index (κ2) is 7.10. The molecule has 0 aromatic carbocycles. The van der Waals surface area contributed by atoms with Crippen LogP contribution in [0.4, 0.5) is 0 Å². The molecule has 2 nitrogen and oxygen atoms in total. The lowest BCUT2D eigenvalue weighted by Crippen LogP contribution is -2.28. The Labute approximate surface area is 115 Å². The van der Waals surface area contributed by atoms with Gasteiger partial charge in [0.2, 0.25) is 0 Å². The predicted octanol–water partition coefficient (Wildman–Crippen LogP) is 3.84. The molecule has 1 fully saturated rings. The summed E-state index contributed by atoms with van der Waals surface area (Å²) in [5.74, 6) is 0.966. The molecular formula is C15H23ClN2. The summed E-state index contributed by atoms with van der Waals surface area (Å²) in [7, 11) is 2.05. The van der Waals surface area contributed by atoms with Crippen LogP contribution in [0.2, 0.25) is 5.02 Å². The Bertz CT molecular complexity index is 361. The molecule has 0 amide bonds. The van der Waals surface area contributed by atoms with Gasteiger partial charge in [-0.3, -0.25) is 4.98 Å². The molecule has 0 saturated heterocycles. The summed E-state index contributed by atoms with van der Waals surface area (Å²) in [6.45, 7) is 0. The van der Waals surface area contributed by atoms with Gasteiger partial charge < -0.3 is 5.32 Å². The zero-order valence-electron chi connectivity index (χ0n) is 11.2. The lowest BCUT2D eigenvalue weighted by molar-refractivity contribution is 0.418. The molecule has 1 aliphatic carbocycles. The zero-order valence-corrected chi connectivity index (χ0v) is 11.9. The molecule has 1 aromatic rings. The Balaban J connectivity index is 1.83. The number of rotatable bonds is 6. The van der Waals surface area contributed by atoms with E-state index in [1.165, 1.54) is 44.1 Å². The number of hydrogen-bond acceptors (Lipinski definition) is 2. The third-order valence-electron chi connectivity index (χ3n) is 4.13. The van der Waals surface area contributed by atoms with Crippen molar-refractivity contribution in [1.29, 1.82) is 0 Å². The van der Waals surface area contributed by atoms with Crippen LogP contribution in [0.25, 0.3) is 0 Å². The average Bonchev–Trinajstić information content (AvgIpc) is 2.90. The summed E-state index contributed by atoms with van der Waals surface area (Å²) >= 11 is 6.16. The van der Waals surface area contributed by atoms with Crippen molar-refractivity contribution in [3.63, 3.8) is 0 Å². The monoisotopic (exact) mass is 266 g/mol. The van der Waals surface area contributed by atoms with E-state index in [9.17, 15) is 0 Å². The fraction of sp³-hybridized carbons (Fsp3) is 0.667. The maximum Gasteiger partial charge on any atom is 0.0621 e. The van der Waals surface area contributed by atoms with Gasteiger partial charge in [-0.1, -0.05) is 37.3 Å². The highest BCUT2D eigenvalue weighted by Gasteiger charge is 2.17. The molecule has 100 valence electrons. The van der Waals surface area contributed by atoms with E-state index in [-0.39, 0.29) is 0 Å². The highest BCUT2D eigenvalue weighted by molar-refractivity contribution is 6.31. The van der Waals surface area contributed by atoms with Crippen LogP contribution in [-0.2, 0) is 6.42 Å². The number of halogens is 1. The molecular weight excluding hydrogens is 244 g/mol. The van der Waals surface area contributed by atoms with Crippen molar-refractivity contribution < 1.29 is 0 Å². The highest BCUT2D eigenvalue weighted by Crippen LogP contribution is 2.29. The predicted molar refractivity (Wildman–Crippen MR) is 77.0 cm³/mol. The summed E-state index contributed by atoms with van der Waals surface area (Å²) in [6, 6.07) is 2.56. The molecule has 1 heterocycles. The summed E-state index contributed by atoms with van der Waals surface area (Å²) in [6.07, 6.45) is 12.9. The first-order valence-electron chi connectivity index (χ1n) is 7.05. The zero-order chi connectivity index (χ0) is 12.8. The smallest absolute Gasteiger partial charge is 0.0621 e. The van der Waals surface area contributed by atoms with Gasteiger partial charge in [-0.25, -0.2) is 0 Å². The van der Waals surface area contributed by atoms with Gasteiger partial charge in [-0.05, 0) is 43.9 Å². The van der Waals surface area contributed by atoms with E-state index in [2.05, 4.69) is 17.3 Å². The molecule has 1 aliphatic rings. The summed E-state index contributed by atoms with van der Waals surface area (Å²) in [4.78, 5) is 4.03. The van der Waals surface area contributed by atoms with Crippen LogP contribution in [0.15, 0.2) is 18.5 Å². The van der Waals surface area contributed by atoms with Crippen molar-refractivity contribution >= 4 is 11.6 Å². The van der Waals surface area contributed by atoms with E-state index in [1.807, 2.05) is 12.3 Å². The third kappa shape index (κ3) is 3.96. The van der Waals surface area contributed by atoms with Crippen LogP contribution >= 0.6 is 11.6 Å². The molecule has 0 spiro atoms. The van der Waals surface area contributed by atoms with Gasteiger partial charge in [0.1, 0.15) is 0 Å². The van der Waals surface area contributed by atoms with E-state index < -0.39 is 0 Å². The molecule has 1 atom stereocenters. The SMILES string of the molecule is CNC(CCC1CCCC1)Cc1ccncc1Cl. The lowest BCUT2D eigenvalue weighted by Gasteiger charge is -2.19. The van der Waals surface area contributed by atoms with Crippen molar-refractivity contribution in [2.24, 2.45) is 5.92 Å². The molecule has 0 bridgehead atoms. The van der Waals surface area contributed by atoms with E-state index in [0.29, 0.717) is 6.04 Å². The van der Waals surface area contributed by atoms with E-state index in [0.717, 1.165) is 17.4 Å². The standard InChI is InChI=1S/C15H23ClN2/c1-17-14(7-6-12-4-2-3-5-12)10-13-8-9-18-11-15(13)16/h8-9,11-12,14,17H,2-7,10H2,1H3. The number of pyridine rings is 1. The Morgan fingerprint density at radius 3 is 2.89 bits per heavy atom. The molecule has 0 radical (unpaired) electrons. The molecule has 1 aromatic heterocycles. The van der Waals surface area contributed by atoms with Crippen molar-refractivity contribution in [2.75, 3.05) is 7.05 Å². The Hall–Kier alpha value is -0.600. The van der Waals surface area contributed by atoms with Crippen LogP contribution in [0, 0.1) is 5.92 Å². The molecule has 18 heavy (non-hydrogen) atoms.